The van der Waals surface area contributed by atoms with Gasteiger partial charge in [-0.1, -0.05) is 13.8 Å². The van der Waals surface area contributed by atoms with Crippen LogP contribution in [0.3, 0.4) is 0 Å². The van der Waals surface area contributed by atoms with Crippen LogP contribution in [0.4, 0.5) is 0 Å². The Hall–Kier alpha value is -0.400. The van der Waals surface area contributed by atoms with Crippen molar-refractivity contribution in [1.82, 2.24) is 0 Å². The molecule has 0 fully saturated rings. The van der Waals surface area contributed by atoms with Gasteiger partial charge in [-0.25, -0.2) is 0 Å². The minimum absolute atomic E-state index is 0.0278. The van der Waals surface area contributed by atoms with Crippen LogP contribution in [-0.4, -0.2) is 127 Å². The Balaban J connectivity index is -0.000000158. The van der Waals surface area contributed by atoms with E-state index in [-0.39, 0.29) is 26.4 Å². The topological polar surface area (TPSA) is 136 Å². The Bertz CT molecular complexity index is 206. The summed E-state index contributed by atoms with van der Waals surface area (Å²) in [5, 5.41) is 32.7. The van der Waals surface area contributed by atoms with Crippen molar-refractivity contribution in [1.29, 1.82) is 0 Å². The number of methoxy groups -OCH3 is 2. The van der Waals surface area contributed by atoms with Gasteiger partial charge < -0.3 is 48.8 Å². The molecule has 0 aliphatic heterocycles. The molecule has 0 saturated heterocycles. The molecule has 0 atom stereocenters. The van der Waals surface area contributed by atoms with Gasteiger partial charge >= 0.3 is 0 Å². The van der Waals surface area contributed by atoms with Crippen LogP contribution in [0.25, 0.3) is 0 Å². The van der Waals surface area contributed by atoms with Crippen LogP contribution in [0.15, 0.2) is 0 Å². The second-order valence-corrected chi connectivity index (χ2v) is 5.68. The molecule has 4 N–H and O–H groups in total. The molecule has 0 aliphatic rings. The summed E-state index contributed by atoms with van der Waals surface area (Å²) >= 11 is 0. The van der Waals surface area contributed by atoms with Crippen molar-refractivity contribution in [2.75, 3.05) is 107 Å². The Labute approximate surface area is 189 Å². The predicted octanol–water partition coefficient (Wildman–Crippen LogP) is 0.484. The lowest BCUT2D eigenvalue weighted by Gasteiger charge is -1.99. The molecular weight excluding hydrogens is 412 g/mol. The Morgan fingerprint density at radius 1 is 0.419 bits per heavy atom. The standard InChI is InChI=1S/C6H14O3.C6H14O2.C5H12O2.C4H10O3/c1-8-5-6-9-4-2-3-7;1-3-4-8-6-5-7-2;1-2-4-7-5-3-6;5-1-3-7-4-2-6/h7H,2-6H2,1H3;3-6H2,1-2H3;6H,2-5H2,1H3;5-6H,1-4H2. The van der Waals surface area contributed by atoms with Crippen molar-refractivity contribution in [3.63, 3.8) is 0 Å². The third-order valence-corrected chi connectivity index (χ3v) is 2.71. The predicted molar refractivity (Wildman–Crippen MR) is 121 cm³/mol. The average molecular weight is 463 g/mol. The highest BCUT2D eigenvalue weighted by Gasteiger charge is 1.85. The summed E-state index contributed by atoms with van der Waals surface area (Å²) in [7, 11) is 3.31. The van der Waals surface area contributed by atoms with E-state index in [0.29, 0.717) is 52.7 Å². The number of rotatable bonds is 19. The third kappa shape index (κ3) is 65.2. The van der Waals surface area contributed by atoms with Crippen LogP contribution in [0.2, 0.25) is 0 Å². The smallest absolute Gasteiger partial charge is 0.0700 e. The maximum Gasteiger partial charge on any atom is 0.0700 e. The van der Waals surface area contributed by atoms with Crippen molar-refractivity contribution in [3.05, 3.63) is 0 Å². The molecule has 0 aliphatic carbocycles. The summed E-state index contributed by atoms with van der Waals surface area (Å²) < 4.78 is 29.1. The highest BCUT2D eigenvalue weighted by Crippen LogP contribution is 1.80. The molecular formula is C21H50O10. The summed E-state index contributed by atoms with van der Waals surface area (Å²) in [6.45, 7) is 10.6. The van der Waals surface area contributed by atoms with Crippen LogP contribution in [0.1, 0.15) is 33.1 Å². The minimum atomic E-state index is 0.0278. The molecule has 10 heteroatoms. The molecule has 0 spiro atoms. The summed E-state index contributed by atoms with van der Waals surface area (Å²) in [6, 6.07) is 0. The molecule has 0 radical (unpaired) electrons. The van der Waals surface area contributed by atoms with E-state index >= 15 is 0 Å². The van der Waals surface area contributed by atoms with E-state index in [2.05, 4.69) is 11.7 Å². The van der Waals surface area contributed by atoms with Gasteiger partial charge in [0.15, 0.2) is 0 Å². The quantitative estimate of drug-likeness (QED) is 0.201. The summed E-state index contributed by atoms with van der Waals surface area (Å²) in [5.41, 5.74) is 0. The highest BCUT2D eigenvalue weighted by molar-refractivity contribution is 4.31. The maximum atomic E-state index is 8.31. The molecule has 0 aromatic carbocycles. The van der Waals surface area contributed by atoms with Crippen molar-refractivity contribution in [3.8, 4) is 0 Å². The largest absolute Gasteiger partial charge is 0.396 e. The first-order valence-electron chi connectivity index (χ1n) is 10.9. The fraction of sp³-hybridized carbons (Fsp3) is 1.00. The summed E-state index contributed by atoms with van der Waals surface area (Å²) in [6.07, 6.45) is 2.83. The van der Waals surface area contributed by atoms with E-state index in [4.69, 9.17) is 44.1 Å². The van der Waals surface area contributed by atoms with E-state index < -0.39 is 0 Å². The number of hydrogen-bond acceptors (Lipinski definition) is 10. The Morgan fingerprint density at radius 3 is 1.10 bits per heavy atom. The van der Waals surface area contributed by atoms with Crippen molar-refractivity contribution in [2.24, 2.45) is 0 Å². The number of hydrogen-bond donors (Lipinski definition) is 4. The SMILES string of the molecule is CCCOCCO.CCCOCCOC.COCCOCCCO.OCCOCCO. The van der Waals surface area contributed by atoms with E-state index in [0.717, 1.165) is 32.7 Å². The van der Waals surface area contributed by atoms with Gasteiger partial charge in [-0.05, 0) is 19.3 Å². The first-order valence-corrected chi connectivity index (χ1v) is 10.9. The Morgan fingerprint density at radius 2 is 0.774 bits per heavy atom. The van der Waals surface area contributed by atoms with E-state index in [1.807, 2.05) is 6.92 Å². The first-order chi connectivity index (χ1) is 15.2. The maximum absolute atomic E-state index is 8.31. The number of ether oxygens (including phenoxy) is 6. The van der Waals surface area contributed by atoms with E-state index in [9.17, 15) is 0 Å². The lowest BCUT2D eigenvalue weighted by molar-refractivity contribution is 0.0630. The van der Waals surface area contributed by atoms with E-state index in [1.165, 1.54) is 0 Å². The molecule has 0 aromatic rings. The lowest BCUT2D eigenvalue weighted by Crippen LogP contribution is -2.03. The molecule has 0 heterocycles. The molecule has 0 aromatic heterocycles. The lowest BCUT2D eigenvalue weighted by atomic mass is 10.5. The fourth-order valence-electron chi connectivity index (χ4n) is 1.34. The van der Waals surface area contributed by atoms with Gasteiger partial charge in [-0.3, -0.25) is 0 Å². The van der Waals surface area contributed by atoms with Gasteiger partial charge in [0, 0.05) is 40.6 Å². The monoisotopic (exact) mass is 462 g/mol. The highest BCUT2D eigenvalue weighted by atomic mass is 16.5. The molecule has 31 heavy (non-hydrogen) atoms. The second kappa shape index (κ2) is 47.4. The first kappa shape index (κ1) is 37.9. The molecule has 0 amide bonds. The average Bonchev–Trinajstić information content (AvgIpc) is 2.79. The van der Waals surface area contributed by atoms with Crippen LogP contribution in [0.5, 0.6) is 0 Å². The zero-order valence-electron chi connectivity index (χ0n) is 20.3. The van der Waals surface area contributed by atoms with Gasteiger partial charge in [-0.2, -0.15) is 0 Å². The minimum Gasteiger partial charge on any atom is -0.396 e. The molecule has 0 saturated carbocycles. The number of aliphatic hydroxyl groups is 4. The van der Waals surface area contributed by atoms with Crippen molar-refractivity contribution < 1.29 is 48.8 Å². The molecule has 0 bridgehead atoms. The molecule has 0 unspecified atom stereocenters. The van der Waals surface area contributed by atoms with E-state index in [1.54, 1.807) is 14.2 Å². The van der Waals surface area contributed by atoms with Gasteiger partial charge in [0.25, 0.3) is 0 Å². The summed E-state index contributed by atoms with van der Waals surface area (Å²) in [4.78, 5) is 0. The second-order valence-electron chi connectivity index (χ2n) is 5.68. The normalized spacial score (nSPS) is 9.68. The molecule has 0 rings (SSSR count). The van der Waals surface area contributed by atoms with Crippen LogP contribution in [0, 0.1) is 0 Å². The Kier molecular flexibility index (Phi) is 57.9. The van der Waals surface area contributed by atoms with Crippen LogP contribution < -0.4 is 0 Å². The number of aliphatic hydroxyl groups excluding tert-OH is 4. The molecule has 10 nitrogen and oxygen atoms in total. The van der Waals surface area contributed by atoms with Gasteiger partial charge in [0.1, 0.15) is 0 Å². The van der Waals surface area contributed by atoms with Gasteiger partial charge in [0.2, 0.25) is 0 Å². The zero-order valence-corrected chi connectivity index (χ0v) is 20.3. The van der Waals surface area contributed by atoms with Crippen LogP contribution >= 0.6 is 0 Å². The third-order valence-electron chi connectivity index (χ3n) is 2.71. The van der Waals surface area contributed by atoms with Crippen molar-refractivity contribution in [2.45, 2.75) is 33.1 Å². The van der Waals surface area contributed by atoms with Gasteiger partial charge in [0.05, 0.1) is 66.1 Å². The zero-order chi connectivity index (χ0) is 24.3. The van der Waals surface area contributed by atoms with Gasteiger partial charge in [-0.15, -0.1) is 0 Å². The van der Waals surface area contributed by atoms with Crippen molar-refractivity contribution >= 4 is 0 Å². The summed E-state index contributed by atoms with van der Waals surface area (Å²) in [5.74, 6) is 0. The molecule has 194 valence electrons. The fourth-order valence-corrected chi connectivity index (χ4v) is 1.34. The van der Waals surface area contributed by atoms with Crippen LogP contribution in [-0.2, 0) is 28.4 Å².